The van der Waals surface area contributed by atoms with Crippen molar-refractivity contribution in [2.24, 2.45) is 0 Å². The number of sulfonamides is 1. The van der Waals surface area contributed by atoms with Gasteiger partial charge in [-0.15, -0.1) is 0 Å². The summed E-state index contributed by atoms with van der Waals surface area (Å²) in [7, 11) is -0.926. The Kier molecular flexibility index (Phi) is 5.58. The molecular weight excluding hydrogens is 448 g/mol. The maximum absolute atomic E-state index is 13.0. The molecule has 0 aromatic heterocycles. The smallest absolute Gasteiger partial charge is 0.263 e. The lowest BCUT2D eigenvalue weighted by Crippen LogP contribution is -2.33. The molecule has 1 heterocycles. The van der Waals surface area contributed by atoms with E-state index in [1.54, 1.807) is 29.2 Å². The third kappa shape index (κ3) is 3.68. The minimum absolute atomic E-state index is 0.0174. The predicted octanol–water partition coefficient (Wildman–Crippen LogP) is 3.56. The van der Waals surface area contributed by atoms with Crippen LogP contribution in [0.25, 0.3) is 0 Å². The number of carbonyl (C=O) groups is 1. The number of halogens is 1. The van der Waals surface area contributed by atoms with Gasteiger partial charge in [-0.1, -0.05) is 0 Å². The van der Waals surface area contributed by atoms with E-state index in [9.17, 15) is 13.2 Å². The maximum atomic E-state index is 13.0. The number of rotatable bonds is 5. The molecular formula is C19H21BrN2O5S. The van der Waals surface area contributed by atoms with Crippen molar-refractivity contribution in [2.45, 2.75) is 31.2 Å². The highest BCUT2D eigenvalue weighted by atomic mass is 79.9. The molecule has 2 aromatic rings. The van der Waals surface area contributed by atoms with Crippen LogP contribution in [-0.4, -0.2) is 34.6 Å². The SMILES string of the molecule is COc1ccc(NS(=O)(=O)c2cc3c(cc2Br)CC(C)N3C(C)=O)cc1OC. The molecule has 0 saturated heterocycles. The molecule has 0 radical (unpaired) electrons. The lowest BCUT2D eigenvalue weighted by atomic mass is 10.1. The first kappa shape index (κ1) is 20.5. The summed E-state index contributed by atoms with van der Waals surface area (Å²) in [5, 5.41) is 0. The molecule has 28 heavy (non-hydrogen) atoms. The first-order chi connectivity index (χ1) is 13.2. The van der Waals surface area contributed by atoms with E-state index < -0.39 is 10.0 Å². The number of hydrogen-bond acceptors (Lipinski definition) is 5. The van der Waals surface area contributed by atoms with Crippen LogP contribution in [0.4, 0.5) is 11.4 Å². The molecule has 0 aliphatic carbocycles. The van der Waals surface area contributed by atoms with Gasteiger partial charge in [0.15, 0.2) is 11.5 Å². The monoisotopic (exact) mass is 468 g/mol. The van der Waals surface area contributed by atoms with Gasteiger partial charge in [-0.3, -0.25) is 9.52 Å². The number of nitrogens with zero attached hydrogens (tertiary/aromatic N) is 1. The van der Waals surface area contributed by atoms with E-state index in [2.05, 4.69) is 20.7 Å². The van der Waals surface area contributed by atoms with Crippen LogP contribution in [0.1, 0.15) is 19.4 Å². The van der Waals surface area contributed by atoms with Crippen LogP contribution in [0.3, 0.4) is 0 Å². The molecule has 9 heteroatoms. The Labute approximate surface area is 172 Å². The summed E-state index contributed by atoms with van der Waals surface area (Å²) in [4.78, 5) is 13.7. The minimum Gasteiger partial charge on any atom is -0.493 e. The van der Waals surface area contributed by atoms with Crippen LogP contribution in [0.5, 0.6) is 11.5 Å². The number of methoxy groups -OCH3 is 2. The van der Waals surface area contributed by atoms with E-state index in [4.69, 9.17) is 9.47 Å². The van der Waals surface area contributed by atoms with Gasteiger partial charge in [0.05, 0.1) is 19.9 Å². The van der Waals surface area contributed by atoms with Gasteiger partial charge in [0, 0.05) is 29.2 Å². The van der Waals surface area contributed by atoms with E-state index in [-0.39, 0.29) is 16.8 Å². The van der Waals surface area contributed by atoms with E-state index in [0.717, 1.165) is 5.56 Å². The van der Waals surface area contributed by atoms with Crippen LogP contribution < -0.4 is 19.1 Å². The Balaban J connectivity index is 2.00. The first-order valence-corrected chi connectivity index (χ1v) is 10.8. The summed E-state index contributed by atoms with van der Waals surface area (Å²) < 4.78 is 39.4. The van der Waals surface area contributed by atoms with Crippen LogP contribution in [0.15, 0.2) is 39.7 Å². The lowest BCUT2D eigenvalue weighted by Gasteiger charge is -2.21. The topological polar surface area (TPSA) is 84.9 Å². The van der Waals surface area contributed by atoms with Crippen molar-refractivity contribution in [2.75, 3.05) is 23.8 Å². The Bertz CT molecular complexity index is 1040. The number of ether oxygens (including phenoxy) is 2. The fraction of sp³-hybridized carbons (Fsp3) is 0.316. The van der Waals surface area contributed by atoms with Gasteiger partial charge < -0.3 is 14.4 Å². The molecule has 7 nitrogen and oxygen atoms in total. The molecule has 1 amide bonds. The Morgan fingerprint density at radius 1 is 1.18 bits per heavy atom. The number of fused-ring (bicyclic) bond motifs is 1. The van der Waals surface area contributed by atoms with Crippen LogP contribution in [-0.2, 0) is 21.2 Å². The van der Waals surface area contributed by atoms with Gasteiger partial charge in [0.1, 0.15) is 4.90 Å². The molecule has 1 atom stereocenters. The fourth-order valence-corrected chi connectivity index (χ4v) is 5.57. The van der Waals surface area contributed by atoms with Crippen molar-refractivity contribution in [3.63, 3.8) is 0 Å². The Morgan fingerprint density at radius 3 is 2.46 bits per heavy atom. The van der Waals surface area contributed by atoms with Crippen LogP contribution >= 0.6 is 15.9 Å². The molecule has 3 rings (SSSR count). The van der Waals surface area contributed by atoms with Crippen molar-refractivity contribution < 1.29 is 22.7 Å². The number of nitrogens with one attached hydrogen (secondary N) is 1. The number of benzene rings is 2. The Morgan fingerprint density at radius 2 is 1.86 bits per heavy atom. The molecule has 2 aromatic carbocycles. The van der Waals surface area contributed by atoms with Gasteiger partial charge in [0.2, 0.25) is 5.91 Å². The number of anilines is 2. The van der Waals surface area contributed by atoms with Gasteiger partial charge in [-0.05, 0) is 59.1 Å². The molecule has 1 aliphatic heterocycles. The normalized spacial score (nSPS) is 15.9. The highest BCUT2D eigenvalue weighted by Gasteiger charge is 2.32. The average Bonchev–Trinajstić information content (AvgIpc) is 2.95. The van der Waals surface area contributed by atoms with Crippen molar-refractivity contribution >= 4 is 43.2 Å². The van der Waals surface area contributed by atoms with E-state index >= 15 is 0 Å². The summed E-state index contributed by atoms with van der Waals surface area (Å²) in [5.74, 6) is 0.785. The number of amides is 1. The molecule has 1 unspecified atom stereocenters. The quantitative estimate of drug-likeness (QED) is 0.724. The van der Waals surface area contributed by atoms with Gasteiger partial charge in [-0.25, -0.2) is 8.42 Å². The summed E-state index contributed by atoms with van der Waals surface area (Å²) in [6.07, 6.45) is 0.678. The van der Waals surface area contributed by atoms with E-state index in [1.165, 1.54) is 27.2 Å². The van der Waals surface area contributed by atoms with Crippen molar-refractivity contribution in [3.05, 3.63) is 40.4 Å². The third-order valence-corrected chi connectivity index (χ3v) is 6.95. The molecule has 0 spiro atoms. The molecule has 1 N–H and O–H groups in total. The van der Waals surface area contributed by atoms with Crippen LogP contribution in [0, 0.1) is 0 Å². The van der Waals surface area contributed by atoms with Gasteiger partial charge >= 0.3 is 0 Å². The molecule has 0 fully saturated rings. The fourth-order valence-electron chi connectivity index (χ4n) is 3.41. The van der Waals surface area contributed by atoms with Crippen molar-refractivity contribution in [1.29, 1.82) is 0 Å². The molecule has 0 saturated carbocycles. The number of carbonyl (C=O) groups excluding carboxylic acids is 1. The van der Waals surface area contributed by atoms with E-state index in [1.807, 2.05) is 6.92 Å². The largest absolute Gasteiger partial charge is 0.493 e. The van der Waals surface area contributed by atoms with Crippen molar-refractivity contribution in [3.8, 4) is 11.5 Å². The maximum Gasteiger partial charge on any atom is 0.263 e. The third-order valence-electron chi connectivity index (χ3n) is 4.61. The first-order valence-electron chi connectivity index (χ1n) is 8.55. The van der Waals surface area contributed by atoms with E-state index in [0.29, 0.717) is 33.8 Å². The zero-order chi connectivity index (χ0) is 20.6. The average molecular weight is 469 g/mol. The summed E-state index contributed by atoms with van der Waals surface area (Å²) in [5.41, 5.74) is 1.89. The molecule has 150 valence electrons. The zero-order valence-electron chi connectivity index (χ0n) is 15.9. The number of hydrogen-bond donors (Lipinski definition) is 1. The summed E-state index contributed by atoms with van der Waals surface area (Å²) in [6.45, 7) is 3.41. The standard InChI is InChI=1S/C19H21BrN2O5S/c1-11-7-13-8-15(20)19(10-16(13)22(11)12(2)23)28(24,25)21-14-5-6-17(26-3)18(9-14)27-4/h5-6,8-11,21H,7H2,1-4H3. The zero-order valence-corrected chi connectivity index (χ0v) is 18.3. The van der Waals surface area contributed by atoms with Crippen molar-refractivity contribution in [1.82, 2.24) is 0 Å². The second kappa shape index (κ2) is 7.63. The van der Waals surface area contributed by atoms with Gasteiger partial charge in [-0.2, -0.15) is 0 Å². The predicted molar refractivity (Wildman–Crippen MR) is 111 cm³/mol. The summed E-state index contributed by atoms with van der Waals surface area (Å²) >= 11 is 3.36. The summed E-state index contributed by atoms with van der Waals surface area (Å²) in [6, 6.07) is 8.03. The Hall–Kier alpha value is -2.26. The molecule has 0 bridgehead atoms. The highest BCUT2D eigenvalue weighted by Crippen LogP contribution is 2.39. The minimum atomic E-state index is -3.91. The highest BCUT2D eigenvalue weighted by molar-refractivity contribution is 9.10. The second-order valence-electron chi connectivity index (χ2n) is 6.53. The second-order valence-corrected chi connectivity index (χ2v) is 9.03. The van der Waals surface area contributed by atoms with Gasteiger partial charge in [0.25, 0.3) is 10.0 Å². The van der Waals surface area contributed by atoms with Crippen LogP contribution in [0.2, 0.25) is 0 Å². The lowest BCUT2D eigenvalue weighted by molar-refractivity contribution is -0.116. The molecule has 1 aliphatic rings.